The van der Waals surface area contributed by atoms with Crippen molar-refractivity contribution in [2.24, 2.45) is 5.92 Å². The largest absolute Gasteiger partial charge is 0.329 e. The molecule has 1 aromatic rings. The molecule has 4 heteroatoms. The Kier molecular flexibility index (Phi) is 11.2. The molecule has 132 valence electrons. The van der Waals surface area contributed by atoms with Crippen molar-refractivity contribution in [1.82, 2.24) is 0 Å². The molecule has 0 radical (unpaired) electrons. The van der Waals surface area contributed by atoms with Crippen LogP contribution in [0.4, 0.5) is 0 Å². The smallest absolute Gasteiger partial charge is 0.324 e. The van der Waals surface area contributed by atoms with Crippen LogP contribution in [-0.2, 0) is 4.57 Å². The summed E-state index contributed by atoms with van der Waals surface area (Å²) in [7, 11) is -3.96. The first kappa shape index (κ1) is 22.1. The Morgan fingerprint density at radius 1 is 1.22 bits per heavy atom. The Morgan fingerprint density at radius 3 is 2.26 bits per heavy atom. The predicted molar refractivity (Wildman–Crippen MR) is 99.9 cm³/mol. The third kappa shape index (κ3) is 10.5. The molecule has 0 fully saturated rings. The van der Waals surface area contributed by atoms with Crippen LogP contribution in [0.5, 0.6) is 0 Å². The maximum Gasteiger partial charge on any atom is 0.329 e. The molecular formula is C19H33O3P. The van der Waals surface area contributed by atoms with Crippen LogP contribution < -0.4 is 0 Å². The zero-order chi connectivity index (χ0) is 17.9. The average Bonchev–Trinajstić information content (AvgIpc) is 2.52. The SMILES string of the molecule is CC.CCC(C)CC(C/C=C(\C)CP(=O)(O)O)c1ccccc1. The summed E-state index contributed by atoms with van der Waals surface area (Å²) in [6, 6.07) is 10.4. The van der Waals surface area contributed by atoms with E-state index in [9.17, 15) is 4.57 Å². The van der Waals surface area contributed by atoms with Crippen molar-refractivity contribution in [3.05, 3.63) is 47.5 Å². The molecular weight excluding hydrogens is 307 g/mol. The molecule has 0 spiro atoms. The van der Waals surface area contributed by atoms with Crippen LogP contribution in [0.3, 0.4) is 0 Å². The van der Waals surface area contributed by atoms with Crippen LogP contribution in [0.25, 0.3) is 0 Å². The summed E-state index contributed by atoms with van der Waals surface area (Å²) in [5.74, 6) is 1.05. The Morgan fingerprint density at radius 2 is 1.78 bits per heavy atom. The molecule has 23 heavy (non-hydrogen) atoms. The summed E-state index contributed by atoms with van der Waals surface area (Å²) in [4.78, 5) is 18.0. The van der Waals surface area contributed by atoms with Crippen molar-refractivity contribution in [3.8, 4) is 0 Å². The molecule has 2 unspecified atom stereocenters. The van der Waals surface area contributed by atoms with Gasteiger partial charge < -0.3 is 9.79 Å². The Balaban J connectivity index is 0.00000232. The topological polar surface area (TPSA) is 57.5 Å². The highest BCUT2D eigenvalue weighted by Gasteiger charge is 2.16. The summed E-state index contributed by atoms with van der Waals surface area (Å²) in [5, 5.41) is 0. The van der Waals surface area contributed by atoms with E-state index in [1.807, 2.05) is 38.1 Å². The van der Waals surface area contributed by atoms with Crippen molar-refractivity contribution >= 4 is 7.60 Å². The minimum Gasteiger partial charge on any atom is -0.324 e. The van der Waals surface area contributed by atoms with Gasteiger partial charge in [0.05, 0.1) is 6.16 Å². The summed E-state index contributed by atoms with van der Waals surface area (Å²) in [6.45, 7) is 10.2. The molecule has 0 aliphatic carbocycles. The van der Waals surface area contributed by atoms with Gasteiger partial charge in [-0.15, -0.1) is 0 Å². The normalized spacial score (nSPS) is 14.7. The predicted octanol–water partition coefficient (Wildman–Crippen LogP) is 5.75. The summed E-state index contributed by atoms with van der Waals surface area (Å²) < 4.78 is 11.0. The lowest BCUT2D eigenvalue weighted by atomic mass is 9.86. The lowest BCUT2D eigenvalue weighted by molar-refractivity contribution is 0.376. The molecule has 1 aromatic carbocycles. The van der Waals surface area contributed by atoms with Crippen LogP contribution in [0.1, 0.15) is 65.4 Å². The van der Waals surface area contributed by atoms with Gasteiger partial charge in [-0.25, -0.2) is 0 Å². The fourth-order valence-corrected chi connectivity index (χ4v) is 3.26. The molecule has 0 heterocycles. The van der Waals surface area contributed by atoms with E-state index in [2.05, 4.69) is 26.0 Å². The van der Waals surface area contributed by atoms with E-state index in [1.54, 1.807) is 6.92 Å². The van der Waals surface area contributed by atoms with Crippen molar-refractivity contribution < 1.29 is 14.4 Å². The summed E-state index contributed by atoms with van der Waals surface area (Å²) >= 11 is 0. The van der Waals surface area contributed by atoms with E-state index >= 15 is 0 Å². The van der Waals surface area contributed by atoms with Gasteiger partial charge in [0.2, 0.25) is 0 Å². The van der Waals surface area contributed by atoms with Gasteiger partial charge in [0.25, 0.3) is 0 Å². The van der Waals surface area contributed by atoms with E-state index in [1.165, 1.54) is 5.56 Å². The van der Waals surface area contributed by atoms with Gasteiger partial charge >= 0.3 is 7.60 Å². The van der Waals surface area contributed by atoms with E-state index in [-0.39, 0.29) is 6.16 Å². The second-order valence-electron chi connectivity index (χ2n) is 5.97. The Bertz CT molecular complexity index is 491. The molecule has 0 aliphatic rings. The van der Waals surface area contributed by atoms with Gasteiger partial charge in [0.15, 0.2) is 0 Å². The highest BCUT2D eigenvalue weighted by Crippen LogP contribution is 2.37. The fourth-order valence-electron chi connectivity index (χ4n) is 2.48. The van der Waals surface area contributed by atoms with E-state index in [0.29, 0.717) is 11.8 Å². The lowest BCUT2D eigenvalue weighted by Crippen LogP contribution is -2.04. The zero-order valence-corrected chi connectivity index (χ0v) is 16.1. The highest BCUT2D eigenvalue weighted by atomic mass is 31.2. The van der Waals surface area contributed by atoms with Crippen molar-refractivity contribution in [2.45, 2.75) is 59.8 Å². The second kappa shape index (κ2) is 11.6. The van der Waals surface area contributed by atoms with Gasteiger partial charge in [-0.3, -0.25) is 4.57 Å². The minimum atomic E-state index is -3.96. The highest BCUT2D eigenvalue weighted by molar-refractivity contribution is 7.52. The maximum absolute atomic E-state index is 11.0. The Labute approximate surface area is 142 Å². The third-order valence-electron chi connectivity index (χ3n) is 3.86. The molecule has 0 saturated heterocycles. The van der Waals surface area contributed by atoms with Crippen LogP contribution in [0.2, 0.25) is 0 Å². The van der Waals surface area contributed by atoms with Gasteiger partial charge in [0.1, 0.15) is 0 Å². The standard InChI is InChI=1S/C17H27O3P.C2H6/c1-4-14(2)12-17(16-8-6-5-7-9-16)11-10-15(3)13-21(18,19)20;1-2/h5-10,14,17H,4,11-13H2,1-3H3,(H2,18,19,20);1-2H3/b15-10+;. The number of rotatable bonds is 8. The first-order chi connectivity index (χ1) is 10.8. The molecule has 1 rings (SSSR count). The zero-order valence-electron chi connectivity index (χ0n) is 15.2. The van der Waals surface area contributed by atoms with Crippen molar-refractivity contribution in [3.63, 3.8) is 0 Å². The molecule has 0 saturated carbocycles. The summed E-state index contributed by atoms with van der Waals surface area (Å²) in [6.07, 6.45) is 4.92. The molecule has 0 aromatic heterocycles. The van der Waals surface area contributed by atoms with Crippen LogP contribution in [-0.4, -0.2) is 15.9 Å². The maximum atomic E-state index is 11.0. The third-order valence-corrected chi connectivity index (χ3v) is 4.77. The monoisotopic (exact) mass is 340 g/mol. The molecule has 2 N–H and O–H groups in total. The van der Waals surface area contributed by atoms with Crippen LogP contribution >= 0.6 is 7.60 Å². The van der Waals surface area contributed by atoms with E-state index in [0.717, 1.165) is 24.8 Å². The van der Waals surface area contributed by atoms with E-state index in [4.69, 9.17) is 9.79 Å². The van der Waals surface area contributed by atoms with E-state index < -0.39 is 7.60 Å². The number of hydrogen-bond donors (Lipinski definition) is 2. The van der Waals surface area contributed by atoms with Gasteiger partial charge in [0, 0.05) is 0 Å². The molecule has 0 aliphatic heterocycles. The van der Waals surface area contributed by atoms with Gasteiger partial charge in [-0.1, -0.05) is 76.1 Å². The first-order valence-corrected chi connectivity index (χ1v) is 10.4. The number of benzene rings is 1. The molecule has 0 amide bonds. The number of hydrogen-bond acceptors (Lipinski definition) is 1. The fraction of sp³-hybridized carbons (Fsp3) is 0.579. The first-order valence-electron chi connectivity index (χ1n) is 8.57. The van der Waals surface area contributed by atoms with Crippen LogP contribution in [0.15, 0.2) is 42.0 Å². The lowest BCUT2D eigenvalue weighted by Gasteiger charge is -2.20. The Hall–Kier alpha value is -0.890. The average molecular weight is 340 g/mol. The number of allylic oxidation sites excluding steroid dienone is 2. The van der Waals surface area contributed by atoms with Gasteiger partial charge in [-0.2, -0.15) is 0 Å². The van der Waals surface area contributed by atoms with Gasteiger partial charge in [-0.05, 0) is 37.2 Å². The minimum absolute atomic E-state index is 0.141. The summed E-state index contributed by atoms with van der Waals surface area (Å²) in [5.41, 5.74) is 2.08. The second-order valence-corrected chi connectivity index (χ2v) is 7.61. The van der Waals surface area contributed by atoms with Crippen molar-refractivity contribution in [1.29, 1.82) is 0 Å². The quantitative estimate of drug-likeness (QED) is 0.468. The van der Waals surface area contributed by atoms with Crippen LogP contribution in [0, 0.1) is 5.92 Å². The molecule has 3 nitrogen and oxygen atoms in total. The molecule has 0 bridgehead atoms. The molecule has 2 atom stereocenters. The van der Waals surface area contributed by atoms with Crippen molar-refractivity contribution in [2.75, 3.05) is 6.16 Å².